The minimum Gasteiger partial charge on any atom is -0.497 e. The molecule has 30 heavy (non-hydrogen) atoms. The van der Waals surface area contributed by atoms with E-state index in [9.17, 15) is 9.59 Å². The van der Waals surface area contributed by atoms with Crippen LogP contribution in [0.3, 0.4) is 0 Å². The minimum atomic E-state index is -0.545. The van der Waals surface area contributed by atoms with Gasteiger partial charge in [-0.3, -0.25) is 9.59 Å². The summed E-state index contributed by atoms with van der Waals surface area (Å²) in [7, 11) is 1.61. The zero-order valence-corrected chi connectivity index (χ0v) is 19.4. The topological polar surface area (TPSA) is 58.6 Å². The van der Waals surface area contributed by atoms with Crippen molar-refractivity contribution in [1.29, 1.82) is 0 Å². The number of ether oxygens (including phenoxy) is 1. The van der Waals surface area contributed by atoms with Gasteiger partial charge in [0.25, 0.3) is 0 Å². The first-order chi connectivity index (χ1) is 14.3. The average molecular weight is 449 g/mol. The van der Waals surface area contributed by atoms with Crippen LogP contribution in [0.2, 0.25) is 5.02 Å². The number of methoxy groups -OCH3 is 1. The molecule has 2 aromatic carbocycles. The van der Waals surface area contributed by atoms with Gasteiger partial charge in [0.2, 0.25) is 11.8 Å². The molecule has 1 N–H and O–H groups in total. The number of halogens is 1. The van der Waals surface area contributed by atoms with Gasteiger partial charge in [0.05, 0.1) is 12.9 Å². The molecular formula is C23H29ClN2O3S. The van der Waals surface area contributed by atoms with Crippen LogP contribution in [0, 0.1) is 0 Å². The Balaban J connectivity index is 2.22. The van der Waals surface area contributed by atoms with Gasteiger partial charge in [0, 0.05) is 22.5 Å². The van der Waals surface area contributed by atoms with Gasteiger partial charge in [-0.15, -0.1) is 11.8 Å². The number of rotatable bonds is 10. The van der Waals surface area contributed by atoms with Crippen molar-refractivity contribution in [3.63, 3.8) is 0 Å². The first-order valence-corrected chi connectivity index (χ1v) is 11.3. The molecule has 2 amide bonds. The highest BCUT2D eigenvalue weighted by Gasteiger charge is 2.29. The lowest BCUT2D eigenvalue weighted by molar-refractivity contribution is -0.139. The first-order valence-electron chi connectivity index (χ1n) is 9.95. The number of hydrogen-bond acceptors (Lipinski definition) is 4. The summed E-state index contributed by atoms with van der Waals surface area (Å²) < 4.78 is 5.30. The Morgan fingerprint density at radius 1 is 1.17 bits per heavy atom. The molecule has 2 rings (SSSR count). The third-order valence-electron chi connectivity index (χ3n) is 4.48. The molecule has 0 saturated heterocycles. The van der Waals surface area contributed by atoms with E-state index in [1.54, 1.807) is 24.1 Å². The predicted octanol–water partition coefficient (Wildman–Crippen LogP) is 4.77. The van der Waals surface area contributed by atoms with E-state index in [0.717, 1.165) is 16.2 Å². The maximum atomic E-state index is 13.2. The second-order valence-electron chi connectivity index (χ2n) is 7.20. The first kappa shape index (κ1) is 24.1. The van der Waals surface area contributed by atoms with E-state index >= 15 is 0 Å². The fourth-order valence-electron chi connectivity index (χ4n) is 3.03. The SMILES string of the molecule is CC[C@H](C(=O)NC(C)C)N(Cc1cccc(OC)c1)C(=O)CSc1ccc(Cl)cc1. The second kappa shape index (κ2) is 11.9. The number of hydrogen-bond donors (Lipinski definition) is 1. The molecular weight excluding hydrogens is 420 g/mol. The lowest BCUT2D eigenvalue weighted by Gasteiger charge is -2.31. The van der Waals surface area contributed by atoms with Crippen LogP contribution in [-0.2, 0) is 16.1 Å². The lowest BCUT2D eigenvalue weighted by atomic mass is 10.1. The molecule has 162 valence electrons. The van der Waals surface area contributed by atoms with E-state index < -0.39 is 6.04 Å². The second-order valence-corrected chi connectivity index (χ2v) is 8.69. The summed E-state index contributed by atoms with van der Waals surface area (Å²) in [5, 5.41) is 3.59. The number of amides is 2. The van der Waals surface area contributed by atoms with Crippen molar-refractivity contribution in [3.05, 3.63) is 59.1 Å². The zero-order chi connectivity index (χ0) is 22.1. The molecule has 0 bridgehead atoms. The van der Waals surface area contributed by atoms with Crippen LogP contribution in [-0.4, -0.2) is 41.7 Å². The Hall–Kier alpha value is -2.18. The third kappa shape index (κ3) is 7.26. The summed E-state index contributed by atoms with van der Waals surface area (Å²) in [4.78, 5) is 28.6. The number of nitrogens with one attached hydrogen (secondary N) is 1. The standard InChI is InChI=1S/C23H29ClN2O3S/c1-5-21(23(28)25-16(2)3)26(14-17-7-6-8-19(13-17)29-4)22(27)15-30-20-11-9-18(24)10-12-20/h6-13,16,21H,5,14-15H2,1-4H3,(H,25,28)/t21-/m1/s1. The monoisotopic (exact) mass is 448 g/mol. The fraction of sp³-hybridized carbons (Fsp3) is 0.391. The van der Waals surface area contributed by atoms with Crippen LogP contribution in [0.25, 0.3) is 0 Å². The maximum absolute atomic E-state index is 13.2. The molecule has 0 radical (unpaired) electrons. The summed E-state index contributed by atoms with van der Waals surface area (Å²) >= 11 is 7.37. The molecule has 0 fully saturated rings. The summed E-state index contributed by atoms with van der Waals surface area (Å²) in [5.74, 6) is 0.718. The van der Waals surface area contributed by atoms with Crippen LogP contribution in [0.5, 0.6) is 5.75 Å². The number of carbonyl (C=O) groups excluding carboxylic acids is 2. The lowest BCUT2D eigenvalue weighted by Crippen LogP contribution is -2.50. The molecule has 0 unspecified atom stereocenters. The molecule has 7 heteroatoms. The van der Waals surface area contributed by atoms with E-state index in [0.29, 0.717) is 18.0 Å². The number of nitrogens with zero attached hydrogens (tertiary/aromatic N) is 1. The van der Waals surface area contributed by atoms with Gasteiger partial charge in [-0.2, -0.15) is 0 Å². The van der Waals surface area contributed by atoms with Crippen LogP contribution in [0.4, 0.5) is 0 Å². The van der Waals surface area contributed by atoms with E-state index in [1.165, 1.54) is 11.8 Å². The molecule has 0 aliphatic heterocycles. The van der Waals surface area contributed by atoms with Crippen LogP contribution in [0.1, 0.15) is 32.8 Å². The summed E-state index contributed by atoms with van der Waals surface area (Å²) in [6.07, 6.45) is 0.528. The van der Waals surface area contributed by atoms with Crippen molar-refractivity contribution >= 4 is 35.2 Å². The Morgan fingerprint density at radius 3 is 2.47 bits per heavy atom. The van der Waals surface area contributed by atoms with Gasteiger partial charge in [-0.1, -0.05) is 30.7 Å². The van der Waals surface area contributed by atoms with Crippen LogP contribution < -0.4 is 10.1 Å². The predicted molar refractivity (Wildman–Crippen MR) is 123 cm³/mol. The van der Waals surface area contributed by atoms with Gasteiger partial charge in [0.1, 0.15) is 11.8 Å². The number of thioether (sulfide) groups is 1. The molecule has 0 aliphatic carbocycles. The summed E-state index contributed by atoms with van der Waals surface area (Å²) in [6, 6.07) is 14.4. The smallest absolute Gasteiger partial charge is 0.243 e. The molecule has 0 heterocycles. The highest BCUT2D eigenvalue weighted by Crippen LogP contribution is 2.23. The molecule has 0 spiro atoms. The van der Waals surface area contributed by atoms with Gasteiger partial charge >= 0.3 is 0 Å². The van der Waals surface area contributed by atoms with E-state index in [1.807, 2.05) is 57.2 Å². The summed E-state index contributed by atoms with van der Waals surface area (Å²) in [6.45, 7) is 6.08. The van der Waals surface area contributed by atoms with Crippen molar-refractivity contribution in [2.24, 2.45) is 0 Å². The Kier molecular flexibility index (Phi) is 9.53. The van der Waals surface area contributed by atoms with Gasteiger partial charge < -0.3 is 15.0 Å². The van der Waals surface area contributed by atoms with Crippen molar-refractivity contribution in [2.45, 2.75) is 50.7 Å². The van der Waals surface area contributed by atoms with Crippen molar-refractivity contribution in [2.75, 3.05) is 12.9 Å². The quantitative estimate of drug-likeness (QED) is 0.532. The molecule has 0 aromatic heterocycles. The molecule has 0 saturated carbocycles. The summed E-state index contributed by atoms with van der Waals surface area (Å²) in [5.41, 5.74) is 0.912. The van der Waals surface area contributed by atoms with Crippen molar-refractivity contribution in [1.82, 2.24) is 10.2 Å². The molecule has 5 nitrogen and oxygen atoms in total. The largest absolute Gasteiger partial charge is 0.497 e. The Labute approximate surface area is 188 Å². The zero-order valence-electron chi connectivity index (χ0n) is 17.9. The van der Waals surface area contributed by atoms with Gasteiger partial charge in [0.15, 0.2) is 0 Å². The van der Waals surface area contributed by atoms with Gasteiger partial charge in [-0.05, 0) is 62.2 Å². The van der Waals surface area contributed by atoms with Crippen LogP contribution >= 0.6 is 23.4 Å². The Morgan fingerprint density at radius 2 is 1.87 bits per heavy atom. The van der Waals surface area contributed by atoms with Gasteiger partial charge in [-0.25, -0.2) is 0 Å². The molecule has 1 atom stereocenters. The van der Waals surface area contributed by atoms with E-state index in [-0.39, 0.29) is 23.6 Å². The van der Waals surface area contributed by atoms with E-state index in [2.05, 4.69) is 5.32 Å². The maximum Gasteiger partial charge on any atom is 0.243 e. The van der Waals surface area contributed by atoms with Crippen molar-refractivity contribution < 1.29 is 14.3 Å². The highest BCUT2D eigenvalue weighted by atomic mass is 35.5. The highest BCUT2D eigenvalue weighted by molar-refractivity contribution is 8.00. The van der Waals surface area contributed by atoms with Crippen LogP contribution in [0.15, 0.2) is 53.4 Å². The number of benzene rings is 2. The van der Waals surface area contributed by atoms with E-state index in [4.69, 9.17) is 16.3 Å². The average Bonchev–Trinajstić information content (AvgIpc) is 2.72. The normalized spacial score (nSPS) is 11.8. The molecule has 0 aliphatic rings. The number of carbonyl (C=O) groups is 2. The molecule has 2 aromatic rings. The van der Waals surface area contributed by atoms with Crippen molar-refractivity contribution in [3.8, 4) is 5.75 Å². The fourth-order valence-corrected chi connectivity index (χ4v) is 3.94. The Bertz CT molecular complexity index is 843. The third-order valence-corrected chi connectivity index (χ3v) is 5.73. The minimum absolute atomic E-state index is 0.00348.